The van der Waals surface area contributed by atoms with Crippen LogP contribution in [0.4, 0.5) is 0 Å². The van der Waals surface area contributed by atoms with E-state index in [-0.39, 0.29) is 30.2 Å². The Hall–Kier alpha value is -3.15. The molecule has 0 saturated heterocycles. The van der Waals surface area contributed by atoms with Crippen LogP contribution in [-0.4, -0.2) is 40.4 Å². The number of aliphatic hydroxyl groups is 3. The second kappa shape index (κ2) is 9.50. The Morgan fingerprint density at radius 2 is 1.41 bits per heavy atom. The van der Waals surface area contributed by atoms with Gasteiger partial charge in [0.05, 0.1) is 12.2 Å². The molecule has 5 aliphatic rings. The number of aliphatic hydroxyl groups excluding tert-OH is 3. The van der Waals surface area contributed by atoms with E-state index in [1.165, 1.54) is 44.1 Å². The molecule has 5 aliphatic carbocycles. The summed E-state index contributed by atoms with van der Waals surface area (Å²) in [4.78, 5) is 12.3. The quantitative estimate of drug-likeness (QED) is 0.336. The standard InChI is InChI=1S/C34H36O5/c35-18-28(36)19-39-32-8-5-26(14-29(32)34-15-20-9-21(16-34)11-22(10-20)17-34)24-1-2-25-13-27(4-3-23(25)12-24)33-30(37)6-7-31(33)38/h1-5,8,12-14,20-22,28,35-37H,6-7,9-11,15-19H2. The third-order valence-corrected chi connectivity index (χ3v) is 9.85. The monoisotopic (exact) mass is 524 g/mol. The average Bonchev–Trinajstić information content (AvgIpc) is 3.27. The van der Waals surface area contributed by atoms with Crippen molar-refractivity contribution in [3.05, 3.63) is 71.5 Å². The number of hydrogen-bond acceptors (Lipinski definition) is 5. The minimum absolute atomic E-state index is 0.00879. The molecular formula is C34H36O5. The van der Waals surface area contributed by atoms with Gasteiger partial charge in [0.2, 0.25) is 0 Å². The van der Waals surface area contributed by atoms with Crippen LogP contribution in [0.1, 0.15) is 62.5 Å². The molecule has 4 fully saturated rings. The van der Waals surface area contributed by atoms with Gasteiger partial charge in [0.15, 0.2) is 5.78 Å². The molecule has 0 aromatic heterocycles. The predicted molar refractivity (Wildman–Crippen MR) is 152 cm³/mol. The highest BCUT2D eigenvalue weighted by Gasteiger charge is 2.52. The lowest BCUT2D eigenvalue weighted by molar-refractivity contribution is -0.113. The Morgan fingerprint density at radius 3 is 2.03 bits per heavy atom. The van der Waals surface area contributed by atoms with Crippen LogP contribution in [0.2, 0.25) is 0 Å². The Bertz CT molecular complexity index is 1450. The Morgan fingerprint density at radius 1 is 0.821 bits per heavy atom. The van der Waals surface area contributed by atoms with Crippen LogP contribution in [0.15, 0.2) is 60.4 Å². The Labute approximate surface area is 229 Å². The Kier molecular flexibility index (Phi) is 6.05. The van der Waals surface area contributed by atoms with Gasteiger partial charge in [-0.1, -0.05) is 30.3 Å². The van der Waals surface area contributed by atoms with Crippen molar-refractivity contribution in [3.63, 3.8) is 0 Å². The lowest BCUT2D eigenvalue weighted by atomic mass is 9.48. The summed E-state index contributed by atoms with van der Waals surface area (Å²) >= 11 is 0. The first-order chi connectivity index (χ1) is 18.9. The summed E-state index contributed by atoms with van der Waals surface area (Å²) in [6.07, 6.45) is 7.65. The fourth-order valence-corrected chi connectivity index (χ4v) is 8.48. The molecule has 5 heteroatoms. The number of fused-ring (bicyclic) bond motifs is 1. The molecule has 4 bridgehead atoms. The summed E-state index contributed by atoms with van der Waals surface area (Å²) in [5.41, 5.74) is 4.91. The zero-order valence-corrected chi connectivity index (χ0v) is 22.2. The maximum Gasteiger partial charge on any atom is 0.167 e. The maximum absolute atomic E-state index is 12.3. The van der Waals surface area contributed by atoms with Crippen molar-refractivity contribution < 1.29 is 24.9 Å². The third kappa shape index (κ3) is 4.36. The van der Waals surface area contributed by atoms with Crippen LogP contribution in [-0.2, 0) is 10.2 Å². The van der Waals surface area contributed by atoms with E-state index in [1.807, 2.05) is 18.2 Å². The zero-order valence-electron chi connectivity index (χ0n) is 22.2. The van der Waals surface area contributed by atoms with E-state index < -0.39 is 6.10 Å². The number of carbonyl (C=O) groups is 1. The zero-order chi connectivity index (χ0) is 26.7. The molecule has 0 radical (unpaired) electrons. The van der Waals surface area contributed by atoms with Crippen molar-refractivity contribution in [2.45, 2.75) is 62.9 Å². The van der Waals surface area contributed by atoms with Gasteiger partial charge in [0, 0.05) is 18.4 Å². The molecule has 8 rings (SSSR count). The topological polar surface area (TPSA) is 87.0 Å². The molecule has 0 spiro atoms. The molecule has 39 heavy (non-hydrogen) atoms. The first kappa shape index (κ1) is 24.9. The van der Waals surface area contributed by atoms with Gasteiger partial charge in [-0.15, -0.1) is 0 Å². The van der Waals surface area contributed by atoms with Gasteiger partial charge in [0.1, 0.15) is 24.2 Å². The third-order valence-electron chi connectivity index (χ3n) is 9.85. The SMILES string of the molecule is O=C1CCC(O)=C1c1ccc2cc(-c3ccc(OCC(O)CO)c(C45CC6CC(CC(C6)C4)C5)c3)ccc2c1. The van der Waals surface area contributed by atoms with E-state index in [2.05, 4.69) is 36.4 Å². The first-order valence-electron chi connectivity index (χ1n) is 14.5. The molecule has 0 heterocycles. The van der Waals surface area contributed by atoms with Crippen molar-refractivity contribution in [1.82, 2.24) is 0 Å². The molecule has 1 unspecified atom stereocenters. The van der Waals surface area contributed by atoms with Crippen molar-refractivity contribution in [2.24, 2.45) is 17.8 Å². The first-order valence-corrected chi connectivity index (χ1v) is 14.5. The van der Waals surface area contributed by atoms with E-state index in [9.17, 15) is 20.1 Å². The number of rotatable bonds is 7. The van der Waals surface area contributed by atoms with Crippen molar-refractivity contribution >= 4 is 22.1 Å². The highest BCUT2D eigenvalue weighted by atomic mass is 16.5. The average molecular weight is 525 g/mol. The van der Waals surface area contributed by atoms with Gasteiger partial charge in [-0.05, 0) is 113 Å². The van der Waals surface area contributed by atoms with Gasteiger partial charge >= 0.3 is 0 Å². The number of carbonyl (C=O) groups excluding carboxylic acids is 1. The minimum Gasteiger partial charge on any atom is -0.512 e. The molecule has 3 N–H and O–H groups in total. The number of ketones is 1. The van der Waals surface area contributed by atoms with E-state index in [0.29, 0.717) is 18.4 Å². The number of benzene rings is 3. The molecule has 3 aromatic rings. The van der Waals surface area contributed by atoms with Gasteiger partial charge in [0.25, 0.3) is 0 Å². The summed E-state index contributed by atoms with van der Waals surface area (Å²) in [5, 5.41) is 31.7. The molecule has 202 valence electrons. The maximum atomic E-state index is 12.3. The van der Waals surface area contributed by atoms with Crippen LogP contribution in [0.3, 0.4) is 0 Å². The summed E-state index contributed by atoms with van der Waals surface area (Å²) in [7, 11) is 0. The number of Topliss-reactive ketones (excluding diaryl/α,β-unsaturated/α-hetero) is 1. The van der Waals surface area contributed by atoms with E-state index in [1.54, 1.807) is 0 Å². The predicted octanol–water partition coefficient (Wildman–Crippen LogP) is 6.34. The molecule has 3 aromatic carbocycles. The second-order valence-electron chi connectivity index (χ2n) is 12.6. The summed E-state index contributed by atoms with van der Waals surface area (Å²) in [6, 6.07) is 18.9. The molecule has 0 amide bonds. The fourth-order valence-electron chi connectivity index (χ4n) is 8.48. The number of ether oxygens (including phenoxy) is 1. The molecular weight excluding hydrogens is 488 g/mol. The van der Waals surface area contributed by atoms with E-state index in [4.69, 9.17) is 4.74 Å². The highest BCUT2D eigenvalue weighted by Crippen LogP contribution is 2.62. The number of hydrogen-bond donors (Lipinski definition) is 3. The summed E-state index contributed by atoms with van der Waals surface area (Å²) in [5.74, 6) is 3.44. The lowest BCUT2D eigenvalue weighted by Gasteiger charge is -2.57. The highest BCUT2D eigenvalue weighted by molar-refractivity contribution is 6.23. The second-order valence-corrected chi connectivity index (χ2v) is 12.6. The van der Waals surface area contributed by atoms with Crippen LogP contribution < -0.4 is 4.74 Å². The Balaban J connectivity index is 1.26. The normalized spacial score (nSPS) is 28.5. The molecule has 5 nitrogen and oxygen atoms in total. The van der Waals surface area contributed by atoms with Gasteiger partial charge in [-0.25, -0.2) is 0 Å². The van der Waals surface area contributed by atoms with Gasteiger partial charge < -0.3 is 20.1 Å². The lowest BCUT2D eigenvalue weighted by Crippen LogP contribution is -2.48. The molecule has 4 saturated carbocycles. The van der Waals surface area contributed by atoms with Crippen molar-refractivity contribution in [1.29, 1.82) is 0 Å². The van der Waals surface area contributed by atoms with E-state index >= 15 is 0 Å². The molecule has 1 atom stereocenters. The van der Waals surface area contributed by atoms with Gasteiger partial charge in [-0.3, -0.25) is 4.79 Å². The van der Waals surface area contributed by atoms with Crippen molar-refractivity contribution in [2.75, 3.05) is 13.2 Å². The van der Waals surface area contributed by atoms with Crippen LogP contribution in [0, 0.1) is 17.8 Å². The van der Waals surface area contributed by atoms with Crippen molar-refractivity contribution in [3.8, 4) is 16.9 Å². The minimum atomic E-state index is -0.892. The largest absolute Gasteiger partial charge is 0.512 e. The number of allylic oxidation sites excluding steroid dienone is 2. The summed E-state index contributed by atoms with van der Waals surface area (Å²) < 4.78 is 6.16. The molecule has 0 aliphatic heterocycles. The van der Waals surface area contributed by atoms with Crippen LogP contribution in [0.25, 0.3) is 27.5 Å². The summed E-state index contributed by atoms with van der Waals surface area (Å²) in [6.45, 7) is -0.226. The smallest absolute Gasteiger partial charge is 0.167 e. The van der Waals surface area contributed by atoms with Gasteiger partial charge in [-0.2, -0.15) is 0 Å². The van der Waals surface area contributed by atoms with E-state index in [0.717, 1.165) is 51.0 Å². The van der Waals surface area contributed by atoms with Crippen LogP contribution >= 0.6 is 0 Å². The fraction of sp³-hybridized carbons (Fsp3) is 0.441. The van der Waals surface area contributed by atoms with Crippen LogP contribution in [0.5, 0.6) is 5.75 Å².